The first-order valence-electron chi connectivity index (χ1n) is 10.3. The number of carboxylic acid groups (broad SMARTS) is 1. The van der Waals surface area contributed by atoms with Crippen LogP contribution >= 0.6 is 0 Å². The molecule has 0 amide bonds. The van der Waals surface area contributed by atoms with Crippen molar-refractivity contribution in [3.8, 4) is 0 Å². The minimum atomic E-state index is -2.15. The third-order valence-electron chi connectivity index (χ3n) is 4.13. The highest BCUT2D eigenvalue weighted by atomic mass is 16.7. The van der Waals surface area contributed by atoms with Crippen molar-refractivity contribution in [1.82, 2.24) is 0 Å². The number of ether oxygens (including phenoxy) is 4. The molecular formula is C20H37O7-. The van der Waals surface area contributed by atoms with Crippen molar-refractivity contribution < 1.29 is 33.6 Å². The van der Waals surface area contributed by atoms with Crippen LogP contribution in [0.3, 0.4) is 0 Å². The fraction of sp³-hybridized carbons (Fsp3) is 0.900. The Morgan fingerprint density at radius 1 is 0.815 bits per heavy atom. The molecule has 1 unspecified atom stereocenters. The summed E-state index contributed by atoms with van der Waals surface area (Å²) in [5.41, 5.74) is 0. The molecule has 0 rings (SSSR count). The van der Waals surface area contributed by atoms with Crippen LogP contribution in [0.5, 0.6) is 0 Å². The fourth-order valence-corrected chi connectivity index (χ4v) is 2.85. The number of hydrogen-bond acceptors (Lipinski definition) is 7. The molecule has 0 aliphatic heterocycles. The lowest BCUT2D eigenvalue weighted by Crippen LogP contribution is -2.62. The van der Waals surface area contributed by atoms with E-state index in [0.717, 1.165) is 12.8 Å². The van der Waals surface area contributed by atoms with Crippen LogP contribution in [0.1, 0.15) is 79.1 Å². The third-order valence-corrected chi connectivity index (χ3v) is 4.13. The molecule has 0 heterocycles. The van der Waals surface area contributed by atoms with Gasteiger partial charge >= 0.3 is 11.8 Å². The van der Waals surface area contributed by atoms with Gasteiger partial charge in [0.05, 0.1) is 12.6 Å². The van der Waals surface area contributed by atoms with E-state index in [-0.39, 0.29) is 26.4 Å². The fourth-order valence-electron chi connectivity index (χ4n) is 2.85. The maximum absolute atomic E-state index is 12.6. The summed E-state index contributed by atoms with van der Waals surface area (Å²) >= 11 is 0. The molecule has 0 saturated carbocycles. The van der Waals surface area contributed by atoms with Gasteiger partial charge in [-0.25, -0.2) is 4.79 Å². The normalized spacial score (nSPS) is 12.7. The summed E-state index contributed by atoms with van der Waals surface area (Å²) < 4.78 is 21.2. The lowest BCUT2D eigenvalue weighted by Gasteiger charge is -2.37. The summed E-state index contributed by atoms with van der Waals surface area (Å²) in [7, 11) is 0. The number of aliphatic carboxylic acids is 1. The molecule has 0 aliphatic carbocycles. The number of unbranched alkanes of at least 4 members (excludes halogenated alkanes) is 7. The first-order valence-corrected chi connectivity index (χ1v) is 10.3. The quantitative estimate of drug-likeness (QED) is 0.202. The Balaban J connectivity index is 4.65. The highest BCUT2D eigenvalue weighted by molar-refractivity contribution is 5.86. The molecule has 0 aromatic carbocycles. The van der Waals surface area contributed by atoms with Crippen LogP contribution in [0.15, 0.2) is 0 Å². The third kappa shape index (κ3) is 9.53. The molecule has 0 fully saturated rings. The van der Waals surface area contributed by atoms with Gasteiger partial charge in [0.15, 0.2) is 6.10 Å². The van der Waals surface area contributed by atoms with Crippen LogP contribution in [0.25, 0.3) is 0 Å². The topological polar surface area (TPSA) is 94.1 Å². The van der Waals surface area contributed by atoms with Gasteiger partial charge < -0.3 is 28.8 Å². The Morgan fingerprint density at radius 2 is 1.33 bits per heavy atom. The molecule has 0 saturated heterocycles. The van der Waals surface area contributed by atoms with Crippen molar-refractivity contribution in [3.63, 3.8) is 0 Å². The monoisotopic (exact) mass is 389 g/mol. The zero-order valence-corrected chi connectivity index (χ0v) is 17.4. The maximum atomic E-state index is 12.6. The lowest BCUT2D eigenvalue weighted by atomic mass is 10.1. The molecule has 7 heteroatoms. The molecule has 0 spiro atoms. The number of carbonyl (C=O) groups is 2. The maximum Gasteiger partial charge on any atom is 0.370 e. The summed E-state index contributed by atoms with van der Waals surface area (Å²) in [4.78, 5) is 24.1. The molecule has 0 radical (unpaired) electrons. The number of carboxylic acids is 1. The SMILES string of the molecule is CCCCCCCCCCOC(=O)C(OCC)(OCC)C(OCC)C(=O)[O-]. The van der Waals surface area contributed by atoms with Crippen LogP contribution < -0.4 is 5.11 Å². The number of carbonyl (C=O) groups excluding carboxylic acids is 2. The largest absolute Gasteiger partial charge is 0.547 e. The highest BCUT2D eigenvalue weighted by Crippen LogP contribution is 2.24. The minimum Gasteiger partial charge on any atom is -0.547 e. The zero-order valence-electron chi connectivity index (χ0n) is 17.4. The van der Waals surface area contributed by atoms with Gasteiger partial charge in [0.1, 0.15) is 0 Å². The first-order chi connectivity index (χ1) is 13.0. The summed E-state index contributed by atoms with van der Waals surface area (Å²) in [5.74, 6) is -4.63. The van der Waals surface area contributed by atoms with Gasteiger partial charge in [-0.2, -0.15) is 0 Å². The Kier molecular flexibility index (Phi) is 15.1. The molecule has 160 valence electrons. The van der Waals surface area contributed by atoms with Crippen LogP contribution in [-0.4, -0.2) is 50.3 Å². The van der Waals surface area contributed by atoms with Crippen LogP contribution in [0.2, 0.25) is 0 Å². The van der Waals surface area contributed by atoms with Gasteiger partial charge in [0.2, 0.25) is 0 Å². The summed E-state index contributed by atoms with van der Waals surface area (Å²) in [6.07, 6.45) is 7.21. The van der Waals surface area contributed by atoms with E-state index in [1.54, 1.807) is 20.8 Å². The van der Waals surface area contributed by atoms with Gasteiger partial charge in [0, 0.05) is 19.8 Å². The van der Waals surface area contributed by atoms with Gasteiger partial charge in [-0.15, -0.1) is 0 Å². The average molecular weight is 390 g/mol. The molecule has 7 nitrogen and oxygen atoms in total. The van der Waals surface area contributed by atoms with E-state index in [2.05, 4.69) is 6.92 Å². The summed E-state index contributed by atoms with van der Waals surface area (Å²) in [6, 6.07) is 0. The van der Waals surface area contributed by atoms with Crippen LogP contribution in [0.4, 0.5) is 0 Å². The predicted octanol–water partition coefficient (Wildman–Crippen LogP) is 2.59. The Morgan fingerprint density at radius 3 is 1.78 bits per heavy atom. The molecule has 0 bridgehead atoms. The minimum absolute atomic E-state index is 0.0592. The van der Waals surface area contributed by atoms with E-state index >= 15 is 0 Å². The van der Waals surface area contributed by atoms with Gasteiger partial charge in [-0.3, -0.25) is 0 Å². The second-order valence-corrected chi connectivity index (χ2v) is 6.30. The van der Waals surface area contributed by atoms with Gasteiger partial charge in [0.25, 0.3) is 0 Å². The van der Waals surface area contributed by atoms with Gasteiger partial charge in [-0.05, 0) is 27.2 Å². The molecule has 27 heavy (non-hydrogen) atoms. The molecule has 0 aromatic heterocycles. The van der Waals surface area contributed by atoms with E-state index in [1.165, 1.54) is 32.1 Å². The van der Waals surface area contributed by atoms with E-state index in [1.807, 2.05) is 0 Å². The molecule has 1 atom stereocenters. The molecular weight excluding hydrogens is 352 g/mol. The molecule has 0 aliphatic rings. The summed E-state index contributed by atoms with van der Waals surface area (Å²) in [6.45, 7) is 7.44. The second-order valence-electron chi connectivity index (χ2n) is 6.30. The van der Waals surface area contributed by atoms with Crippen molar-refractivity contribution in [2.45, 2.75) is 91.0 Å². The van der Waals surface area contributed by atoms with E-state index in [4.69, 9.17) is 18.9 Å². The molecule has 0 aromatic rings. The average Bonchev–Trinajstić information content (AvgIpc) is 2.64. The van der Waals surface area contributed by atoms with Crippen molar-refractivity contribution in [1.29, 1.82) is 0 Å². The highest BCUT2D eigenvalue weighted by Gasteiger charge is 2.51. The van der Waals surface area contributed by atoms with Crippen molar-refractivity contribution in [2.75, 3.05) is 26.4 Å². The second kappa shape index (κ2) is 15.8. The van der Waals surface area contributed by atoms with Gasteiger partial charge in [-0.1, -0.05) is 51.9 Å². The van der Waals surface area contributed by atoms with Crippen molar-refractivity contribution >= 4 is 11.9 Å². The predicted molar refractivity (Wildman–Crippen MR) is 100.0 cm³/mol. The Bertz CT molecular complexity index is 392. The first kappa shape index (κ1) is 25.8. The number of esters is 1. The smallest absolute Gasteiger partial charge is 0.370 e. The van der Waals surface area contributed by atoms with Crippen LogP contribution in [0, 0.1) is 0 Å². The number of rotatable bonds is 18. The zero-order chi connectivity index (χ0) is 20.5. The van der Waals surface area contributed by atoms with E-state index < -0.39 is 23.8 Å². The number of hydrogen-bond donors (Lipinski definition) is 0. The summed E-state index contributed by atoms with van der Waals surface area (Å²) in [5, 5.41) is 11.5. The molecule has 0 N–H and O–H groups in total. The van der Waals surface area contributed by atoms with Crippen molar-refractivity contribution in [2.24, 2.45) is 0 Å². The van der Waals surface area contributed by atoms with Crippen molar-refractivity contribution in [3.05, 3.63) is 0 Å². The van der Waals surface area contributed by atoms with Crippen LogP contribution in [-0.2, 0) is 28.5 Å². The Labute approximate surface area is 163 Å². The van der Waals surface area contributed by atoms with E-state index in [9.17, 15) is 14.7 Å². The lowest BCUT2D eigenvalue weighted by molar-refractivity contribution is -0.345. The standard InChI is InChI=1S/C20H38O7/c1-5-9-10-11-12-13-14-15-16-25-19(23)20(26-7-3,27-8-4)17(18(21)22)24-6-2/h17H,5-16H2,1-4H3,(H,21,22)/p-1. The Hall–Kier alpha value is -1.18. The van der Waals surface area contributed by atoms with E-state index in [0.29, 0.717) is 6.42 Å².